The van der Waals surface area contributed by atoms with Crippen molar-refractivity contribution in [2.75, 3.05) is 7.11 Å². The molecule has 1 heterocycles. The van der Waals surface area contributed by atoms with Crippen LogP contribution < -0.4 is 4.74 Å². The highest BCUT2D eigenvalue weighted by molar-refractivity contribution is 8.13. The average molecular weight is 292 g/mol. The molecule has 16 heavy (non-hydrogen) atoms. The van der Waals surface area contributed by atoms with Crippen LogP contribution in [0.15, 0.2) is 11.2 Å². The van der Waals surface area contributed by atoms with E-state index in [0.717, 1.165) is 7.11 Å². The molecule has 0 atom stereocenters. The third-order valence-electron chi connectivity index (χ3n) is 1.64. The Kier molecular flexibility index (Phi) is 3.92. The number of hydrogen-bond acceptors (Lipinski definition) is 4. The van der Waals surface area contributed by atoms with Crippen LogP contribution in [-0.2, 0) is 9.05 Å². The molecular weight excluding hydrogens is 287 g/mol. The van der Waals surface area contributed by atoms with E-state index in [1.54, 1.807) is 0 Å². The molecule has 0 aliphatic heterocycles. The third kappa shape index (κ3) is 2.53. The molecule has 4 nitrogen and oxygen atoms in total. The van der Waals surface area contributed by atoms with Crippen LogP contribution >= 0.6 is 22.3 Å². The van der Waals surface area contributed by atoms with Gasteiger partial charge in [-0.1, -0.05) is 11.6 Å². The van der Waals surface area contributed by atoms with Crippen molar-refractivity contribution in [3.8, 4) is 5.75 Å². The minimum atomic E-state index is -4.20. The van der Waals surface area contributed by atoms with Crippen molar-refractivity contribution in [2.24, 2.45) is 0 Å². The van der Waals surface area contributed by atoms with Gasteiger partial charge in [-0.3, -0.25) is 0 Å². The van der Waals surface area contributed by atoms with Crippen LogP contribution in [0.4, 0.5) is 8.78 Å². The van der Waals surface area contributed by atoms with E-state index in [1.165, 1.54) is 0 Å². The van der Waals surface area contributed by atoms with Crippen LogP contribution in [0.3, 0.4) is 0 Å². The van der Waals surface area contributed by atoms with Gasteiger partial charge in [0.2, 0.25) is 0 Å². The number of nitrogens with zero attached hydrogens (tertiary/aromatic N) is 1. The van der Waals surface area contributed by atoms with Gasteiger partial charge in [0.25, 0.3) is 15.5 Å². The molecule has 9 heteroatoms. The predicted octanol–water partition coefficient (Wildman–Crippen LogP) is 2.61. The quantitative estimate of drug-likeness (QED) is 0.803. The van der Waals surface area contributed by atoms with Gasteiger partial charge < -0.3 is 4.74 Å². The topological polar surface area (TPSA) is 56.3 Å². The van der Waals surface area contributed by atoms with E-state index >= 15 is 0 Å². The number of alkyl halides is 2. The van der Waals surface area contributed by atoms with Gasteiger partial charge in [-0.05, 0) is 0 Å². The summed E-state index contributed by atoms with van der Waals surface area (Å²) in [5.41, 5.74) is -0.600. The first kappa shape index (κ1) is 13.4. The molecule has 0 N–H and O–H groups in total. The van der Waals surface area contributed by atoms with Gasteiger partial charge in [0.05, 0.1) is 12.7 Å². The van der Waals surface area contributed by atoms with Crippen LogP contribution in [0.2, 0.25) is 5.02 Å². The monoisotopic (exact) mass is 291 g/mol. The lowest BCUT2D eigenvalue weighted by Gasteiger charge is -2.10. The first-order valence-corrected chi connectivity index (χ1v) is 6.43. The summed E-state index contributed by atoms with van der Waals surface area (Å²) in [7, 11) is 1.88. The van der Waals surface area contributed by atoms with Crippen LogP contribution in [0.5, 0.6) is 5.75 Å². The van der Waals surface area contributed by atoms with Crippen LogP contribution in [0.1, 0.15) is 12.0 Å². The summed E-state index contributed by atoms with van der Waals surface area (Å²) in [5.74, 6) is -0.453. The summed E-state index contributed by atoms with van der Waals surface area (Å²) in [6, 6.07) is 0. The normalized spacial score (nSPS) is 11.9. The van der Waals surface area contributed by atoms with E-state index in [-0.39, 0.29) is 0 Å². The second kappa shape index (κ2) is 4.68. The molecule has 0 fully saturated rings. The van der Waals surface area contributed by atoms with Crippen molar-refractivity contribution >= 4 is 31.3 Å². The summed E-state index contributed by atoms with van der Waals surface area (Å²) in [5, 5.41) is -1.27. The number of rotatable bonds is 3. The first-order valence-electron chi connectivity index (χ1n) is 3.74. The number of halogens is 4. The molecule has 1 rings (SSSR count). The van der Waals surface area contributed by atoms with E-state index in [2.05, 4.69) is 9.72 Å². The molecular formula is C7H5Cl2F2NO3S. The number of aromatic nitrogens is 1. The molecule has 0 aliphatic rings. The highest BCUT2D eigenvalue weighted by atomic mass is 35.7. The molecule has 1 aromatic heterocycles. The fourth-order valence-electron chi connectivity index (χ4n) is 1.00. The smallest absolute Gasteiger partial charge is 0.280 e. The summed E-state index contributed by atoms with van der Waals surface area (Å²) in [4.78, 5) is 3.27. The van der Waals surface area contributed by atoms with Crippen LogP contribution in [0, 0.1) is 0 Å². The van der Waals surface area contributed by atoms with Gasteiger partial charge in [-0.2, -0.15) is 0 Å². The van der Waals surface area contributed by atoms with Crippen molar-refractivity contribution in [3.05, 3.63) is 16.8 Å². The highest BCUT2D eigenvalue weighted by Crippen LogP contribution is 2.38. The minimum absolute atomic E-state index is 0.453. The number of hydrogen-bond donors (Lipinski definition) is 0. The maximum absolute atomic E-state index is 12.5. The molecule has 0 saturated carbocycles. The second-order valence-electron chi connectivity index (χ2n) is 2.60. The third-order valence-corrected chi connectivity index (χ3v) is 3.31. The average Bonchev–Trinajstić information content (AvgIpc) is 2.14. The fraction of sp³-hybridized carbons (Fsp3) is 0.286. The van der Waals surface area contributed by atoms with Gasteiger partial charge in [-0.25, -0.2) is 22.2 Å². The minimum Gasteiger partial charge on any atom is -0.495 e. The summed E-state index contributed by atoms with van der Waals surface area (Å²) < 4.78 is 51.5. The number of pyridine rings is 1. The molecule has 0 amide bonds. The first-order chi connectivity index (χ1) is 7.29. The molecule has 0 aromatic carbocycles. The fourth-order valence-corrected chi connectivity index (χ4v) is 2.49. The maximum Gasteiger partial charge on any atom is 0.280 e. The standard InChI is InChI=1S/C7H5Cl2F2NO3S/c1-15-5-3(6(10)11)2-12-7(4(5)8)16(9,13)14/h2,6H,1H3. The molecule has 0 saturated heterocycles. The van der Waals surface area contributed by atoms with Gasteiger partial charge >= 0.3 is 0 Å². The lowest BCUT2D eigenvalue weighted by molar-refractivity contribution is 0.146. The Morgan fingerprint density at radius 1 is 1.50 bits per heavy atom. The van der Waals surface area contributed by atoms with Crippen molar-refractivity contribution in [2.45, 2.75) is 11.5 Å². The molecule has 0 unspecified atom stereocenters. The molecule has 0 radical (unpaired) electrons. The maximum atomic E-state index is 12.5. The zero-order valence-corrected chi connectivity index (χ0v) is 10.1. The highest BCUT2D eigenvalue weighted by Gasteiger charge is 2.25. The zero-order chi connectivity index (χ0) is 12.5. The van der Waals surface area contributed by atoms with E-state index in [4.69, 9.17) is 22.3 Å². The van der Waals surface area contributed by atoms with Crippen LogP contribution in [0.25, 0.3) is 0 Å². The Hall–Kier alpha value is -0.660. The summed E-state index contributed by atoms with van der Waals surface area (Å²) in [6.45, 7) is 0. The lowest BCUT2D eigenvalue weighted by atomic mass is 10.2. The predicted molar refractivity (Wildman–Crippen MR) is 53.8 cm³/mol. The van der Waals surface area contributed by atoms with Gasteiger partial charge in [-0.15, -0.1) is 0 Å². The second-order valence-corrected chi connectivity index (χ2v) is 5.46. The van der Waals surface area contributed by atoms with E-state index < -0.39 is 36.8 Å². The number of ether oxygens (including phenoxy) is 1. The van der Waals surface area contributed by atoms with Gasteiger partial charge in [0, 0.05) is 16.9 Å². The zero-order valence-electron chi connectivity index (χ0n) is 7.75. The Balaban J connectivity index is 3.53. The van der Waals surface area contributed by atoms with Crippen LogP contribution in [-0.4, -0.2) is 20.5 Å². The molecule has 0 bridgehead atoms. The van der Waals surface area contributed by atoms with E-state index in [0.29, 0.717) is 6.20 Å². The largest absolute Gasteiger partial charge is 0.495 e. The Bertz CT molecular complexity index is 507. The molecule has 90 valence electrons. The van der Waals surface area contributed by atoms with Crippen molar-refractivity contribution in [1.82, 2.24) is 4.98 Å². The van der Waals surface area contributed by atoms with Crippen molar-refractivity contribution < 1.29 is 21.9 Å². The summed E-state index contributed by atoms with van der Waals surface area (Å²) >= 11 is 5.56. The molecule has 0 spiro atoms. The Morgan fingerprint density at radius 3 is 2.44 bits per heavy atom. The molecule has 1 aromatic rings. The van der Waals surface area contributed by atoms with Gasteiger partial charge in [0.15, 0.2) is 10.8 Å². The van der Waals surface area contributed by atoms with E-state index in [1.807, 2.05) is 0 Å². The van der Waals surface area contributed by atoms with E-state index in [9.17, 15) is 17.2 Å². The van der Waals surface area contributed by atoms with Gasteiger partial charge in [0.1, 0.15) is 5.02 Å². The Morgan fingerprint density at radius 2 is 2.06 bits per heavy atom. The summed E-state index contributed by atoms with van der Waals surface area (Å²) in [6.07, 6.45) is -2.22. The number of methoxy groups -OCH3 is 1. The lowest BCUT2D eigenvalue weighted by Crippen LogP contribution is -2.02. The molecule has 0 aliphatic carbocycles. The van der Waals surface area contributed by atoms with Crippen molar-refractivity contribution in [3.63, 3.8) is 0 Å². The van der Waals surface area contributed by atoms with Crippen molar-refractivity contribution in [1.29, 1.82) is 0 Å². The Labute approximate surface area is 99.6 Å². The SMILES string of the molecule is COc1c(C(F)F)cnc(S(=O)(=O)Cl)c1Cl.